The summed E-state index contributed by atoms with van der Waals surface area (Å²) in [5.74, 6) is -3.04. The molecule has 4 aliphatic rings. The summed E-state index contributed by atoms with van der Waals surface area (Å²) in [5.41, 5.74) is 8.45. The first kappa shape index (κ1) is 22.6. The number of carbonyl (C=O) groups is 1. The summed E-state index contributed by atoms with van der Waals surface area (Å²) in [4.78, 5) is 24.9. The SMILES string of the molecule is C[C@H]1C[C@@]2(CC[C@@H]1O)Cc1ccc(-c3cccnc3)cc1[C@]21N=C(N)N(CC2CC(F)(F)C2)C1=O. The summed E-state index contributed by atoms with van der Waals surface area (Å²) in [6, 6.07) is 9.99. The van der Waals surface area contributed by atoms with Crippen LogP contribution in [0.4, 0.5) is 8.78 Å². The molecule has 2 heterocycles. The maximum Gasteiger partial charge on any atom is 0.262 e. The molecule has 2 fully saturated rings. The molecule has 3 N–H and O–H groups in total. The van der Waals surface area contributed by atoms with Crippen LogP contribution < -0.4 is 5.73 Å². The molecule has 184 valence electrons. The van der Waals surface area contributed by atoms with Gasteiger partial charge >= 0.3 is 0 Å². The molecule has 6 nitrogen and oxygen atoms in total. The average Bonchev–Trinajstić information content (AvgIpc) is 3.22. The third kappa shape index (κ3) is 3.25. The molecule has 1 aromatic heterocycles. The maximum atomic E-state index is 14.3. The highest BCUT2D eigenvalue weighted by Gasteiger charge is 2.67. The van der Waals surface area contributed by atoms with E-state index in [2.05, 4.69) is 11.1 Å². The van der Waals surface area contributed by atoms with Gasteiger partial charge in [0, 0.05) is 37.2 Å². The minimum absolute atomic E-state index is 0.0105. The number of rotatable bonds is 3. The van der Waals surface area contributed by atoms with Crippen LogP contribution >= 0.6 is 0 Å². The van der Waals surface area contributed by atoms with Crippen LogP contribution in [-0.4, -0.2) is 45.4 Å². The number of nitrogens with zero attached hydrogens (tertiary/aromatic N) is 3. The first-order valence-corrected chi connectivity index (χ1v) is 12.4. The molecule has 2 spiro atoms. The lowest BCUT2D eigenvalue weighted by atomic mass is 9.59. The highest BCUT2D eigenvalue weighted by Crippen LogP contribution is 2.63. The molecule has 0 radical (unpaired) electrons. The third-order valence-electron chi connectivity index (χ3n) is 8.81. The number of aliphatic hydroxyl groups excluding tert-OH is 1. The van der Waals surface area contributed by atoms with Crippen molar-refractivity contribution in [2.24, 2.45) is 28.0 Å². The normalized spacial score (nSPS) is 33.8. The zero-order valence-corrected chi connectivity index (χ0v) is 19.8. The van der Waals surface area contributed by atoms with E-state index in [0.717, 1.165) is 22.3 Å². The zero-order chi connectivity index (χ0) is 24.6. The summed E-state index contributed by atoms with van der Waals surface area (Å²) in [7, 11) is 0. The van der Waals surface area contributed by atoms with Crippen molar-refractivity contribution in [2.45, 2.75) is 63.0 Å². The van der Waals surface area contributed by atoms with Gasteiger partial charge in [0.15, 0.2) is 11.5 Å². The summed E-state index contributed by atoms with van der Waals surface area (Å²) >= 11 is 0. The van der Waals surface area contributed by atoms with Crippen LogP contribution in [0.15, 0.2) is 47.7 Å². The topological polar surface area (TPSA) is 91.8 Å². The molecule has 3 aliphatic carbocycles. The Balaban J connectivity index is 1.45. The number of alkyl halides is 2. The fraction of sp³-hybridized carbons (Fsp3) is 0.519. The minimum Gasteiger partial charge on any atom is -0.393 e. The standard InChI is InChI=1S/C27H30F2N4O2/c1-16-10-25(7-6-22(16)34)13-19-5-4-18(20-3-2-8-31-14-20)9-21(19)27(25)23(35)33(24(30)32-27)15-17-11-26(28,29)12-17/h2-5,8-9,14,16-17,22,34H,6-7,10-13,15H2,1H3,(H2,30,32)/t16-,22-,25-,27+/m0/s1. The monoisotopic (exact) mass is 480 g/mol. The van der Waals surface area contributed by atoms with Crippen LogP contribution in [0.25, 0.3) is 11.1 Å². The molecule has 2 aromatic rings. The van der Waals surface area contributed by atoms with Crippen molar-refractivity contribution in [3.63, 3.8) is 0 Å². The Morgan fingerprint density at radius 1 is 1.20 bits per heavy atom. The number of fused-ring (bicyclic) bond motifs is 3. The molecule has 0 saturated heterocycles. The molecular formula is C27H30F2N4O2. The molecule has 1 aromatic carbocycles. The molecule has 1 aliphatic heterocycles. The van der Waals surface area contributed by atoms with Crippen LogP contribution in [0, 0.1) is 17.3 Å². The Hall–Kier alpha value is -2.87. The van der Waals surface area contributed by atoms with Crippen molar-refractivity contribution in [1.82, 2.24) is 9.88 Å². The van der Waals surface area contributed by atoms with Gasteiger partial charge in [0.25, 0.3) is 5.91 Å². The zero-order valence-electron chi connectivity index (χ0n) is 19.8. The highest BCUT2D eigenvalue weighted by atomic mass is 19.3. The van der Waals surface area contributed by atoms with Gasteiger partial charge in [-0.25, -0.2) is 13.8 Å². The van der Waals surface area contributed by atoms with E-state index >= 15 is 0 Å². The van der Waals surface area contributed by atoms with E-state index in [0.29, 0.717) is 25.7 Å². The molecular weight excluding hydrogens is 450 g/mol. The van der Waals surface area contributed by atoms with Gasteiger partial charge in [-0.3, -0.25) is 14.7 Å². The first-order valence-electron chi connectivity index (χ1n) is 12.4. The number of aromatic nitrogens is 1. The van der Waals surface area contributed by atoms with Gasteiger partial charge in [0.2, 0.25) is 5.92 Å². The Bertz CT molecular complexity index is 1210. The van der Waals surface area contributed by atoms with Gasteiger partial charge in [-0.1, -0.05) is 25.1 Å². The van der Waals surface area contributed by atoms with Crippen molar-refractivity contribution >= 4 is 11.9 Å². The number of aliphatic hydroxyl groups is 1. The lowest BCUT2D eigenvalue weighted by Gasteiger charge is -2.47. The van der Waals surface area contributed by atoms with Crippen molar-refractivity contribution in [1.29, 1.82) is 0 Å². The quantitative estimate of drug-likeness (QED) is 0.698. The average molecular weight is 481 g/mol. The Labute approximate surface area is 203 Å². The van der Waals surface area contributed by atoms with Crippen molar-refractivity contribution < 1.29 is 18.7 Å². The molecule has 8 heteroatoms. The van der Waals surface area contributed by atoms with Crippen molar-refractivity contribution in [2.75, 3.05) is 6.54 Å². The van der Waals surface area contributed by atoms with Crippen LogP contribution in [0.3, 0.4) is 0 Å². The second-order valence-corrected chi connectivity index (χ2v) is 11.1. The molecule has 0 bridgehead atoms. The van der Waals surface area contributed by atoms with Crippen LogP contribution in [-0.2, 0) is 16.8 Å². The van der Waals surface area contributed by atoms with Crippen molar-refractivity contribution in [3.8, 4) is 11.1 Å². The fourth-order valence-corrected chi connectivity index (χ4v) is 7.06. The summed E-state index contributed by atoms with van der Waals surface area (Å²) < 4.78 is 27.1. The number of guanidine groups is 1. The fourth-order valence-electron chi connectivity index (χ4n) is 7.06. The van der Waals surface area contributed by atoms with E-state index in [-0.39, 0.29) is 43.1 Å². The number of pyridine rings is 1. The van der Waals surface area contributed by atoms with E-state index in [1.165, 1.54) is 4.90 Å². The second-order valence-electron chi connectivity index (χ2n) is 11.1. The van der Waals surface area contributed by atoms with Crippen LogP contribution in [0.1, 0.15) is 50.2 Å². The van der Waals surface area contributed by atoms with E-state index in [9.17, 15) is 18.7 Å². The number of carbonyl (C=O) groups excluding carboxylic acids is 1. The Kier molecular flexibility index (Phi) is 4.88. The summed E-state index contributed by atoms with van der Waals surface area (Å²) in [6.45, 7) is 2.18. The third-order valence-corrected chi connectivity index (χ3v) is 8.81. The molecule has 1 amide bonds. The predicted molar refractivity (Wildman–Crippen MR) is 128 cm³/mol. The maximum absolute atomic E-state index is 14.3. The van der Waals surface area contributed by atoms with Gasteiger partial charge in [-0.2, -0.15) is 0 Å². The number of aliphatic imine (C=N–C) groups is 1. The predicted octanol–water partition coefficient (Wildman–Crippen LogP) is 3.87. The second kappa shape index (κ2) is 7.56. The minimum atomic E-state index is -2.66. The Morgan fingerprint density at radius 3 is 2.69 bits per heavy atom. The molecule has 4 atom stereocenters. The van der Waals surface area contributed by atoms with Gasteiger partial charge in [-0.05, 0) is 71.9 Å². The van der Waals surface area contributed by atoms with E-state index in [4.69, 9.17) is 10.7 Å². The molecule has 6 rings (SSSR count). The smallest absolute Gasteiger partial charge is 0.262 e. The molecule has 0 unspecified atom stereocenters. The van der Waals surface area contributed by atoms with Gasteiger partial charge in [-0.15, -0.1) is 0 Å². The Morgan fingerprint density at radius 2 is 2.00 bits per heavy atom. The van der Waals surface area contributed by atoms with Crippen molar-refractivity contribution in [3.05, 3.63) is 53.9 Å². The van der Waals surface area contributed by atoms with E-state index < -0.39 is 23.0 Å². The number of halogens is 2. The largest absolute Gasteiger partial charge is 0.393 e. The number of benzene rings is 1. The number of nitrogens with two attached hydrogens (primary N) is 1. The number of hydrogen-bond acceptors (Lipinski definition) is 5. The van der Waals surface area contributed by atoms with E-state index in [1.54, 1.807) is 12.4 Å². The molecule has 35 heavy (non-hydrogen) atoms. The van der Waals surface area contributed by atoms with Crippen LogP contribution in [0.5, 0.6) is 0 Å². The molecule has 2 saturated carbocycles. The summed E-state index contributed by atoms with van der Waals surface area (Å²) in [6.07, 6.45) is 5.17. The number of amides is 1. The highest BCUT2D eigenvalue weighted by molar-refractivity contribution is 6.08. The lowest BCUT2D eigenvalue weighted by Crippen LogP contribution is -2.55. The van der Waals surface area contributed by atoms with Crippen LogP contribution in [0.2, 0.25) is 0 Å². The number of hydrogen-bond donors (Lipinski definition) is 2. The summed E-state index contributed by atoms with van der Waals surface area (Å²) in [5, 5.41) is 10.5. The van der Waals surface area contributed by atoms with Gasteiger partial charge < -0.3 is 10.8 Å². The van der Waals surface area contributed by atoms with E-state index in [1.807, 2.05) is 31.2 Å². The van der Waals surface area contributed by atoms with Gasteiger partial charge in [0.05, 0.1) is 6.10 Å². The first-order chi connectivity index (χ1) is 16.6. The van der Waals surface area contributed by atoms with Gasteiger partial charge in [0.1, 0.15) is 0 Å². The lowest BCUT2D eigenvalue weighted by molar-refractivity contribution is -0.144.